The van der Waals surface area contributed by atoms with Gasteiger partial charge in [0.05, 0.1) is 14.2 Å². The topological polar surface area (TPSA) is 30.5 Å². The second-order valence-electron chi connectivity index (χ2n) is 4.88. The van der Waals surface area contributed by atoms with Gasteiger partial charge in [-0.1, -0.05) is 43.3 Å². The van der Waals surface area contributed by atoms with E-state index in [1.54, 1.807) is 14.2 Å². The van der Waals surface area contributed by atoms with Crippen molar-refractivity contribution in [3.8, 4) is 22.6 Å². The Bertz CT molecular complexity index is 581. The molecule has 0 saturated heterocycles. The monoisotopic (exact) mass is 285 g/mol. The molecule has 0 aliphatic heterocycles. The number of hydrogen-bond acceptors (Lipinski definition) is 3. The highest BCUT2D eigenvalue weighted by atomic mass is 16.5. The summed E-state index contributed by atoms with van der Waals surface area (Å²) >= 11 is 0. The van der Waals surface area contributed by atoms with Crippen molar-refractivity contribution < 1.29 is 9.47 Å². The molecular weight excluding hydrogens is 262 g/mol. The highest BCUT2D eigenvalue weighted by Gasteiger charge is 2.13. The molecule has 0 radical (unpaired) electrons. The van der Waals surface area contributed by atoms with E-state index in [4.69, 9.17) is 9.47 Å². The first-order valence-corrected chi connectivity index (χ1v) is 7.31. The van der Waals surface area contributed by atoms with Gasteiger partial charge in [0.15, 0.2) is 11.5 Å². The van der Waals surface area contributed by atoms with Crippen LogP contribution in [0.25, 0.3) is 11.1 Å². The van der Waals surface area contributed by atoms with E-state index in [1.807, 2.05) is 12.1 Å². The van der Waals surface area contributed by atoms with Gasteiger partial charge >= 0.3 is 0 Å². The van der Waals surface area contributed by atoms with E-state index >= 15 is 0 Å². The molecule has 0 heterocycles. The average Bonchev–Trinajstić information content (AvgIpc) is 2.54. The molecular formula is C18H23NO2. The quantitative estimate of drug-likeness (QED) is 0.783. The Balaban J connectivity index is 2.42. The van der Waals surface area contributed by atoms with Crippen LogP contribution < -0.4 is 14.8 Å². The maximum Gasteiger partial charge on any atom is 0.168 e. The van der Waals surface area contributed by atoms with Gasteiger partial charge in [-0.15, -0.1) is 0 Å². The predicted octanol–water partition coefficient (Wildman–Crippen LogP) is 3.87. The van der Waals surface area contributed by atoms with Crippen LogP contribution in [0.1, 0.15) is 18.9 Å². The fourth-order valence-corrected chi connectivity index (χ4v) is 2.44. The lowest BCUT2D eigenvalue weighted by atomic mass is 9.98. The maximum atomic E-state index is 5.56. The number of methoxy groups -OCH3 is 2. The van der Waals surface area contributed by atoms with Crippen molar-refractivity contribution in [1.82, 2.24) is 5.32 Å². The summed E-state index contributed by atoms with van der Waals surface area (Å²) in [5.74, 6) is 1.54. The second-order valence-corrected chi connectivity index (χ2v) is 4.88. The molecule has 0 aromatic heterocycles. The largest absolute Gasteiger partial charge is 0.493 e. The molecule has 0 unspecified atom stereocenters. The van der Waals surface area contributed by atoms with Crippen molar-refractivity contribution in [3.63, 3.8) is 0 Å². The number of hydrogen-bond donors (Lipinski definition) is 1. The lowest BCUT2D eigenvalue weighted by molar-refractivity contribution is 0.356. The van der Waals surface area contributed by atoms with Crippen LogP contribution in [0.3, 0.4) is 0 Å². The number of nitrogens with one attached hydrogen (secondary N) is 1. The molecule has 112 valence electrons. The Morgan fingerprint density at radius 3 is 2.38 bits per heavy atom. The molecule has 2 aromatic carbocycles. The number of para-hydroxylation sites is 1. The lowest BCUT2D eigenvalue weighted by Crippen LogP contribution is -2.14. The molecule has 0 saturated carbocycles. The first kappa shape index (κ1) is 15.4. The third kappa shape index (κ3) is 3.56. The molecule has 0 fully saturated rings. The van der Waals surface area contributed by atoms with Crippen molar-refractivity contribution in [2.75, 3.05) is 20.8 Å². The summed E-state index contributed by atoms with van der Waals surface area (Å²) in [7, 11) is 3.34. The lowest BCUT2D eigenvalue weighted by Gasteiger charge is -2.16. The Morgan fingerprint density at radius 2 is 1.67 bits per heavy atom. The average molecular weight is 285 g/mol. The molecule has 1 N–H and O–H groups in total. The van der Waals surface area contributed by atoms with E-state index in [1.165, 1.54) is 11.1 Å². The minimum Gasteiger partial charge on any atom is -0.493 e. The molecule has 3 nitrogen and oxygen atoms in total. The van der Waals surface area contributed by atoms with Crippen molar-refractivity contribution in [2.24, 2.45) is 0 Å². The number of benzene rings is 2. The Hall–Kier alpha value is -2.00. The van der Waals surface area contributed by atoms with Gasteiger partial charge in [0.1, 0.15) is 0 Å². The third-order valence-corrected chi connectivity index (χ3v) is 3.45. The van der Waals surface area contributed by atoms with Crippen LogP contribution in [0, 0.1) is 0 Å². The first-order chi connectivity index (χ1) is 10.3. The van der Waals surface area contributed by atoms with Gasteiger partial charge in [0.25, 0.3) is 0 Å². The van der Waals surface area contributed by atoms with Crippen LogP contribution in [0.2, 0.25) is 0 Å². The normalized spacial score (nSPS) is 10.4. The van der Waals surface area contributed by atoms with Crippen LogP contribution in [0.15, 0.2) is 42.5 Å². The van der Waals surface area contributed by atoms with Crippen LogP contribution in [0.4, 0.5) is 0 Å². The zero-order valence-corrected chi connectivity index (χ0v) is 13.0. The Labute approximate surface area is 126 Å². The summed E-state index contributed by atoms with van der Waals surface area (Å²) in [4.78, 5) is 0. The number of ether oxygens (including phenoxy) is 2. The fraction of sp³-hybridized carbons (Fsp3) is 0.333. The maximum absolute atomic E-state index is 5.56. The SMILES string of the molecule is CCCNCc1ccccc1-c1cccc(OC)c1OC. The van der Waals surface area contributed by atoms with Gasteiger partial charge in [0, 0.05) is 12.1 Å². The van der Waals surface area contributed by atoms with Crippen LogP contribution in [-0.4, -0.2) is 20.8 Å². The second kappa shape index (κ2) is 7.70. The standard InChI is InChI=1S/C18H23NO2/c1-4-12-19-13-14-8-5-6-9-15(14)16-10-7-11-17(20-2)18(16)21-3/h5-11,19H,4,12-13H2,1-3H3. The van der Waals surface area contributed by atoms with E-state index in [2.05, 4.69) is 42.6 Å². The van der Waals surface area contributed by atoms with E-state index in [-0.39, 0.29) is 0 Å². The van der Waals surface area contributed by atoms with E-state index in [9.17, 15) is 0 Å². The smallest absolute Gasteiger partial charge is 0.168 e. The molecule has 3 heteroatoms. The molecule has 0 atom stereocenters. The molecule has 21 heavy (non-hydrogen) atoms. The minimum absolute atomic E-state index is 0.756. The molecule has 0 spiro atoms. The van der Waals surface area contributed by atoms with Crippen molar-refractivity contribution in [3.05, 3.63) is 48.0 Å². The summed E-state index contributed by atoms with van der Waals surface area (Å²) in [6.07, 6.45) is 1.13. The molecule has 0 aliphatic carbocycles. The first-order valence-electron chi connectivity index (χ1n) is 7.31. The fourth-order valence-electron chi connectivity index (χ4n) is 2.44. The van der Waals surface area contributed by atoms with Gasteiger partial charge < -0.3 is 14.8 Å². The van der Waals surface area contributed by atoms with Crippen molar-refractivity contribution in [2.45, 2.75) is 19.9 Å². The van der Waals surface area contributed by atoms with Gasteiger partial charge in [-0.3, -0.25) is 0 Å². The summed E-state index contributed by atoms with van der Waals surface area (Å²) in [5.41, 5.74) is 3.50. The molecule has 0 aliphatic rings. The van der Waals surface area contributed by atoms with Gasteiger partial charge in [-0.05, 0) is 30.2 Å². The van der Waals surface area contributed by atoms with Crippen LogP contribution in [0.5, 0.6) is 11.5 Å². The molecule has 2 aromatic rings. The van der Waals surface area contributed by atoms with Crippen LogP contribution in [-0.2, 0) is 6.54 Å². The summed E-state index contributed by atoms with van der Waals surface area (Å²) in [6, 6.07) is 14.4. The molecule has 0 amide bonds. The Morgan fingerprint density at radius 1 is 0.905 bits per heavy atom. The summed E-state index contributed by atoms with van der Waals surface area (Å²) in [5, 5.41) is 3.46. The van der Waals surface area contributed by atoms with Crippen LogP contribution >= 0.6 is 0 Å². The minimum atomic E-state index is 0.756. The summed E-state index contributed by atoms with van der Waals surface area (Å²) < 4.78 is 11.0. The van der Waals surface area contributed by atoms with Gasteiger partial charge in [0.2, 0.25) is 0 Å². The Kier molecular flexibility index (Phi) is 5.64. The zero-order valence-electron chi connectivity index (χ0n) is 13.0. The van der Waals surface area contributed by atoms with Gasteiger partial charge in [-0.2, -0.15) is 0 Å². The van der Waals surface area contributed by atoms with E-state index < -0.39 is 0 Å². The third-order valence-electron chi connectivity index (χ3n) is 3.45. The van der Waals surface area contributed by atoms with E-state index in [0.29, 0.717) is 0 Å². The van der Waals surface area contributed by atoms with Crippen molar-refractivity contribution in [1.29, 1.82) is 0 Å². The molecule has 0 bridgehead atoms. The van der Waals surface area contributed by atoms with Crippen molar-refractivity contribution >= 4 is 0 Å². The highest BCUT2D eigenvalue weighted by molar-refractivity contribution is 5.76. The predicted molar refractivity (Wildman–Crippen MR) is 87.0 cm³/mol. The molecule has 2 rings (SSSR count). The highest BCUT2D eigenvalue weighted by Crippen LogP contribution is 2.39. The zero-order chi connectivity index (χ0) is 15.1. The van der Waals surface area contributed by atoms with Gasteiger partial charge in [-0.25, -0.2) is 0 Å². The number of rotatable bonds is 7. The van der Waals surface area contributed by atoms with E-state index in [0.717, 1.165) is 36.6 Å². The summed E-state index contributed by atoms with van der Waals surface area (Å²) in [6.45, 7) is 4.04.